The normalized spacial score (nSPS) is 10.6. The maximum Gasteiger partial charge on any atom is 0.250 e. The third kappa shape index (κ3) is 2.29. The lowest BCUT2D eigenvalue weighted by molar-refractivity contribution is 0.100. The first-order valence-corrected chi connectivity index (χ1v) is 6.21. The fourth-order valence-electron chi connectivity index (χ4n) is 1.92. The molecule has 1 amide bonds. The highest BCUT2D eigenvalue weighted by Gasteiger charge is 2.15. The number of nitrogens with two attached hydrogens (primary N) is 2. The van der Waals surface area contributed by atoms with Crippen LogP contribution in [0.25, 0.3) is 5.69 Å². The monoisotopic (exact) mass is 259 g/mol. The quantitative estimate of drug-likeness (QED) is 0.802. The van der Waals surface area contributed by atoms with Crippen LogP contribution >= 0.6 is 0 Å². The Kier molecular flexibility index (Phi) is 3.50. The number of nitrogens with zero attached hydrogens (tertiary/aromatic N) is 3. The summed E-state index contributed by atoms with van der Waals surface area (Å²) in [6.45, 7) is 3.98. The van der Waals surface area contributed by atoms with E-state index in [1.54, 1.807) is 22.9 Å². The van der Waals surface area contributed by atoms with Crippen molar-refractivity contribution in [3.05, 3.63) is 35.4 Å². The molecule has 0 spiro atoms. The molecule has 1 aromatic heterocycles. The van der Waals surface area contributed by atoms with Crippen molar-refractivity contribution in [2.75, 3.05) is 5.73 Å². The van der Waals surface area contributed by atoms with Crippen LogP contribution in [0.1, 0.15) is 35.9 Å². The first-order valence-electron chi connectivity index (χ1n) is 6.21. The van der Waals surface area contributed by atoms with E-state index in [9.17, 15) is 4.79 Å². The predicted molar refractivity (Wildman–Crippen MR) is 73.0 cm³/mol. The van der Waals surface area contributed by atoms with Crippen molar-refractivity contribution in [1.82, 2.24) is 14.8 Å². The van der Waals surface area contributed by atoms with Gasteiger partial charge in [-0.05, 0) is 12.1 Å². The third-order valence-corrected chi connectivity index (χ3v) is 2.93. The number of aromatic nitrogens is 3. The van der Waals surface area contributed by atoms with Gasteiger partial charge in [0, 0.05) is 12.8 Å². The van der Waals surface area contributed by atoms with Crippen LogP contribution in [-0.2, 0) is 12.8 Å². The van der Waals surface area contributed by atoms with Gasteiger partial charge in [0.1, 0.15) is 5.82 Å². The number of nitrogen functional groups attached to an aromatic ring is 1. The van der Waals surface area contributed by atoms with Gasteiger partial charge in [0.25, 0.3) is 5.91 Å². The minimum atomic E-state index is -0.548. The maximum atomic E-state index is 11.3. The Morgan fingerprint density at radius 1 is 1.32 bits per heavy atom. The van der Waals surface area contributed by atoms with Crippen LogP contribution in [0.2, 0.25) is 0 Å². The summed E-state index contributed by atoms with van der Waals surface area (Å²) in [7, 11) is 0. The van der Waals surface area contributed by atoms with Crippen molar-refractivity contribution in [2.24, 2.45) is 5.73 Å². The van der Waals surface area contributed by atoms with E-state index in [1.807, 2.05) is 13.8 Å². The topological polar surface area (TPSA) is 99.8 Å². The number of amides is 1. The highest BCUT2D eigenvalue weighted by Crippen LogP contribution is 2.22. The van der Waals surface area contributed by atoms with Crippen molar-refractivity contribution in [3.63, 3.8) is 0 Å². The summed E-state index contributed by atoms with van der Waals surface area (Å²) in [5, 5.41) is 4.40. The van der Waals surface area contributed by atoms with E-state index in [0.29, 0.717) is 16.9 Å². The van der Waals surface area contributed by atoms with Gasteiger partial charge in [-0.3, -0.25) is 4.79 Å². The molecule has 2 rings (SSSR count). The molecule has 0 fully saturated rings. The summed E-state index contributed by atoms with van der Waals surface area (Å²) < 4.78 is 1.68. The molecule has 6 heteroatoms. The lowest BCUT2D eigenvalue weighted by atomic mass is 10.1. The van der Waals surface area contributed by atoms with E-state index >= 15 is 0 Å². The fraction of sp³-hybridized carbons (Fsp3) is 0.308. The molecule has 0 aliphatic heterocycles. The second-order valence-corrected chi connectivity index (χ2v) is 4.17. The van der Waals surface area contributed by atoms with Crippen molar-refractivity contribution in [3.8, 4) is 5.69 Å². The second kappa shape index (κ2) is 5.09. The summed E-state index contributed by atoms with van der Waals surface area (Å²) in [4.78, 5) is 15.7. The molecule has 0 unspecified atom stereocenters. The van der Waals surface area contributed by atoms with Crippen LogP contribution in [-0.4, -0.2) is 20.7 Å². The number of primary amides is 1. The molecule has 19 heavy (non-hydrogen) atoms. The average molecular weight is 259 g/mol. The Balaban J connectivity index is 2.61. The number of benzene rings is 1. The second-order valence-electron chi connectivity index (χ2n) is 4.17. The van der Waals surface area contributed by atoms with Crippen LogP contribution in [0.3, 0.4) is 0 Å². The third-order valence-electron chi connectivity index (χ3n) is 2.93. The summed E-state index contributed by atoms with van der Waals surface area (Å²) in [6.07, 6.45) is 1.47. The molecule has 0 aliphatic rings. The molecule has 0 radical (unpaired) electrons. The standard InChI is InChI=1S/C13H17N5O/c1-3-10-16-11(4-2)18(17-10)9-7-5-6-8(12(9)14)13(15)19/h5-7H,3-4,14H2,1-2H3,(H2,15,19). The number of aryl methyl sites for hydroxylation is 2. The van der Waals surface area contributed by atoms with Crippen LogP contribution in [0.15, 0.2) is 18.2 Å². The first-order chi connectivity index (χ1) is 9.08. The number of carbonyl (C=O) groups is 1. The van der Waals surface area contributed by atoms with Gasteiger partial charge in [0.15, 0.2) is 5.82 Å². The lowest BCUT2D eigenvalue weighted by Gasteiger charge is -2.10. The number of rotatable bonds is 4. The van der Waals surface area contributed by atoms with Gasteiger partial charge in [-0.2, -0.15) is 5.10 Å². The molecule has 0 saturated carbocycles. The summed E-state index contributed by atoms with van der Waals surface area (Å²) in [5.74, 6) is 1.01. The van der Waals surface area contributed by atoms with Gasteiger partial charge in [-0.1, -0.05) is 19.9 Å². The largest absolute Gasteiger partial charge is 0.396 e. The van der Waals surface area contributed by atoms with E-state index in [1.165, 1.54) is 0 Å². The zero-order valence-electron chi connectivity index (χ0n) is 11.1. The zero-order chi connectivity index (χ0) is 14.0. The Bertz CT molecular complexity index is 617. The molecular weight excluding hydrogens is 242 g/mol. The number of hydrogen-bond acceptors (Lipinski definition) is 4. The summed E-state index contributed by atoms with van der Waals surface area (Å²) in [5.41, 5.74) is 12.6. The van der Waals surface area contributed by atoms with Crippen molar-refractivity contribution in [1.29, 1.82) is 0 Å². The van der Waals surface area contributed by atoms with Gasteiger partial charge >= 0.3 is 0 Å². The van der Waals surface area contributed by atoms with Crippen molar-refractivity contribution >= 4 is 11.6 Å². The van der Waals surface area contributed by atoms with E-state index in [-0.39, 0.29) is 0 Å². The van der Waals surface area contributed by atoms with Crippen molar-refractivity contribution in [2.45, 2.75) is 26.7 Å². The van der Waals surface area contributed by atoms with Gasteiger partial charge in [0.2, 0.25) is 0 Å². The molecule has 2 aromatic rings. The Labute approximate surface area is 111 Å². The highest BCUT2D eigenvalue weighted by molar-refractivity contribution is 5.99. The fourth-order valence-corrected chi connectivity index (χ4v) is 1.92. The van der Waals surface area contributed by atoms with Crippen LogP contribution in [0.5, 0.6) is 0 Å². The van der Waals surface area contributed by atoms with E-state index < -0.39 is 5.91 Å². The number of hydrogen-bond donors (Lipinski definition) is 2. The van der Waals surface area contributed by atoms with Crippen molar-refractivity contribution < 1.29 is 4.79 Å². The highest BCUT2D eigenvalue weighted by atomic mass is 16.1. The molecular formula is C13H17N5O. The molecule has 0 saturated heterocycles. The Hall–Kier alpha value is -2.37. The molecule has 1 aromatic carbocycles. The molecule has 6 nitrogen and oxygen atoms in total. The summed E-state index contributed by atoms with van der Waals surface area (Å²) in [6, 6.07) is 5.14. The van der Waals surface area contributed by atoms with Gasteiger partial charge in [-0.25, -0.2) is 9.67 Å². The lowest BCUT2D eigenvalue weighted by Crippen LogP contribution is -2.16. The molecule has 1 heterocycles. The number of carbonyl (C=O) groups excluding carboxylic acids is 1. The molecule has 100 valence electrons. The van der Waals surface area contributed by atoms with Crippen LogP contribution in [0.4, 0.5) is 5.69 Å². The van der Waals surface area contributed by atoms with Gasteiger partial charge in [-0.15, -0.1) is 0 Å². The Morgan fingerprint density at radius 2 is 2.05 bits per heavy atom. The maximum absolute atomic E-state index is 11.3. The average Bonchev–Trinajstić information content (AvgIpc) is 2.81. The molecule has 0 aliphatic carbocycles. The first kappa shape index (κ1) is 13.1. The van der Waals surface area contributed by atoms with Gasteiger partial charge < -0.3 is 11.5 Å². The zero-order valence-corrected chi connectivity index (χ0v) is 11.1. The van der Waals surface area contributed by atoms with E-state index in [0.717, 1.165) is 24.5 Å². The van der Waals surface area contributed by atoms with Gasteiger partial charge in [0.05, 0.1) is 16.9 Å². The van der Waals surface area contributed by atoms with E-state index in [2.05, 4.69) is 10.1 Å². The summed E-state index contributed by atoms with van der Waals surface area (Å²) >= 11 is 0. The molecule has 0 atom stereocenters. The van der Waals surface area contributed by atoms with E-state index in [4.69, 9.17) is 11.5 Å². The number of para-hydroxylation sites is 1. The minimum absolute atomic E-state index is 0.299. The SMILES string of the molecule is CCc1nc(CC)n(-c2cccc(C(N)=O)c2N)n1. The minimum Gasteiger partial charge on any atom is -0.396 e. The molecule has 0 bridgehead atoms. The predicted octanol–water partition coefficient (Wildman–Crippen LogP) is 1.07. The van der Waals surface area contributed by atoms with Crippen LogP contribution < -0.4 is 11.5 Å². The van der Waals surface area contributed by atoms with Crippen LogP contribution in [0, 0.1) is 0 Å². The smallest absolute Gasteiger partial charge is 0.250 e. The number of anilines is 1. The molecule has 4 N–H and O–H groups in total. The Morgan fingerprint density at radius 3 is 2.63 bits per heavy atom.